The number of aryl methyl sites for hydroxylation is 2. The summed E-state index contributed by atoms with van der Waals surface area (Å²) in [6.07, 6.45) is 8.77. The molecule has 8 heteroatoms. The van der Waals surface area contributed by atoms with Crippen LogP contribution in [0, 0.1) is 30.5 Å². The van der Waals surface area contributed by atoms with E-state index in [0.29, 0.717) is 42.1 Å². The maximum absolute atomic E-state index is 15.4. The number of nitrogens with two attached hydrogens (primary N) is 1. The number of nitrogens with zero attached hydrogens (tertiary/aromatic N) is 5. The zero-order valence-electron chi connectivity index (χ0n) is 23.4. The van der Waals surface area contributed by atoms with Gasteiger partial charge in [-0.15, -0.1) is 0 Å². The lowest BCUT2D eigenvalue weighted by Crippen LogP contribution is -2.50. The van der Waals surface area contributed by atoms with Gasteiger partial charge in [-0.1, -0.05) is 44.1 Å². The summed E-state index contributed by atoms with van der Waals surface area (Å²) in [5.41, 5.74) is 9.83. The first kappa shape index (κ1) is 27.7. The van der Waals surface area contributed by atoms with E-state index >= 15 is 4.39 Å². The summed E-state index contributed by atoms with van der Waals surface area (Å²) in [5.74, 6) is 6.74. The van der Waals surface area contributed by atoms with Gasteiger partial charge in [-0.05, 0) is 56.4 Å². The van der Waals surface area contributed by atoms with E-state index in [-0.39, 0.29) is 11.5 Å². The monoisotopic (exact) mass is 540 g/mol. The lowest BCUT2D eigenvalue weighted by Gasteiger charge is -2.37. The molecule has 2 aliphatic rings. The number of aromatic nitrogens is 3. The molecule has 0 spiro atoms. The molecule has 1 aliphatic heterocycles. The van der Waals surface area contributed by atoms with Gasteiger partial charge in [-0.2, -0.15) is 0 Å². The molecule has 208 valence electrons. The average Bonchev–Trinajstić information content (AvgIpc) is 2.97. The molecule has 40 heavy (non-hydrogen) atoms. The van der Waals surface area contributed by atoms with Gasteiger partial charge in [0.2, 0.25) is 0 Å². The smallest absolute Gasteiger partial charge is 0.256 e. The molecule has 0 atom stereocenters. The van der Waals surface area contributed by atoms with Gasteiger partial charge in [-0.25, -0.2) is 19.3 Å². The number of hydrogen-bond acceptors (Lipinski definition) is 6. The fourth-order valence-corrected chi connectivity index (χ4v) is 5.76. The highest BCUT2D eigenvalue weighted by atomic mass is 19.1. The van der Waals surface area contributed by atoms with Crippen molar-refractivity contribution >= 4 is 11.7 Å². The first-order valence-electron chi connectivity index (χ1n) is 14.3. The highest BCUT2D eigenvalue weighted by Crippen LogP contribution is 2.27. The van der Waals surface area contributed by atoms with Crippen LogP contribution in [0.2, 0.25) is 0 Å². The summed E-state index contributed by atoms with van der Waals surface area (Å²) >= 11 is 0. The van der Waals surface area contributed by atoms with E-state index in [0.717, 1.165) is 42.5 Å². The SMILES string of the molecule is CCc1ncnc(-c2ccc(C(=O)N3CCN(CC4CCCCC4)CC3)c(F)c2)c1C#Cc1ccc(N)nc1C. The van der Waals surface area contributed by atoms with E-state index in [2.05, 4.69) is 31.7 Å². The number of piperazine rings is 1. The number of pyridine rings is 1. The molecule has 0 bridgehead atoms. The second kappa shape index (κ2) is 12.6. The molecule has 1 aliphatic carbocycles. The molecule has 3 aromatic rings. The van der Waals surface area contributed by atoms with Gasteiger partial charge >= 0.3 is 0 Å². The fraction of sp³-hybridized carbons (Fsp3) is 0.438. The third-order valence-electron chi connectivity index (χ3n) is 8.06. The van der Waals surface area contributed by atoms with E-state index in [1.165, 1.54) is 44.5 Å². The van der Waals surface area contributed by atoms with Gasteiger partial charge in [0.15, 0.2) is 0 Å². The third kappa shape index (κ3) is 6.31. The third-order valence-corrected chi connectivity index (χ3v) is 8.06. The van der Waals surface area contributed by atoms with E-state index in [1.54, 1.807) is 23.1 Å². The Balaban J connectivity index is 1.33. The Kier molecular flexibility index (Phi) is 8.71. The molecular weight excluding hydrogens is 503 g/mol. The molecule has 1 saturated heterocycles. The van der Waals surface area contributed by atoms with Crippen LogP contribution in [0.4, 0.5) is 10.2 Å². The summed E-state index contributed by atoms with van der Waals surface area (Å²) in [4.78, 5) is 30.6. The second-order valence-electron chi connectivity index (χ2n) is 10.8. The quantitative estimate of drug-likeness (QED) is 0.465. The Morgan fingerprint density at radius 1 is 1.05 bits per heavy atom. The Morgan fingerprint density at radius 3 is 2.52 bits per heavy atom. The van der Waals surface area contributed by atoms with Crippen molar-refractivity contribution in [2.45, 2.75) is 52.4 Å². The van der Waals surface area contributed by atoms with Crippen LogP contribution in [0.25, 0.3) is 11.3 Å². The molecule has 5 rings (SSSR count). The van der Waals surface area contributed by atoms with E-state index in [9.17, 15) is 4.79 Å². The summed E-state index contributed by atoms with van der Waals surface area (Å²) in [6, 6.07) is 8.24. The van der Waals surface area contributed by atoms with E-state index < -0.39 is 5.82 Å². The topological polar surface area (TPSA) is 88.2 Å². The van der Waals surface area contributed by atoms with Gasteiger partial charge in [0, 0.05) is 43.9 Å². The predicted molar refractivity (Wildman–Crippen MR) is 155 cm³/mol. The van der Waals surface area contributed by atoms with Crippen molar-refractivity contribution in [1.82, 2.24) is 24.8 Å². The summed E-state index contributed by atoms with van der Waals surface area (Å²) in [7, 11) is 0. The van der Waals surface area contributed by atoms with Crippen LogP contribution in [-0.4, -0.2) is 63.4 Å². The average molecular weight is 541 g/mol. The van der Waals surface area contributed by atoms with Crippen molar-refractivity contribution in [3.63, 3.8) is 0 Å². The number of rotatable bonds is 5. The number of amides is 1. The number of benzene rings is 1. The minimum absolute atomic E-state index is 0.0884. The van der Waals surface area contributed by atoms with E-state index in [4.69, 9.17) is 5.73 Å². The molecule has 2 aromatic heterocycles. The molecule has 7 nitrogen and oxygen atoms in total. The van der Waals surface area contributed by atoms with Crippen LogP contribution in [0.3, 0.4) is 0 Å². The van der Waals surface area contributed by atoms with Crippen LogP contribution in [-0.2, 0) is 6.42 Å². The van der Waals surface area contributed by atoms with Crippen molar-refractivity contribution in [2.24, 2.45) is 5.92 Å². The predicted octanol–water partition coefficient (Wildman–Crippen LogP) is 4.87. The fourth-order valence-electron chi connectivity index (χ4n) is 5.76. The molecule has 2 N–H and O–H groups in total. The summed E-state index contributed by atoms with van der Waals surface area (Å²) in [6.45, 7) is 7.88. The molecule has 1 amide bonds. The van der Waals surface area contributed by atoms with Gasteiger partial charge in [0.05, 0.1) is 28.2 Å². The molecule has 2 fully saturated rings. The van der Waals surface area contributed by atoms with Crippen LogP contribution in [0.1, 0.15) is 71.9 Å². The molecule has 0 unspecified atom stereocenters. The minimum Gasteiger partial charge on any atom is -0.384 e. The number of anilines is 1. The Hall–Kier alpha value is -3.83. The van der Waals surface area contributed by atoms with Crippen molar-refractivity contribution in [3.05, 3.63) is 70.6 Å². The molecule has 0 radical (unpaired) electrons. The number of carbonyl (C=O) groups is 1. The van der Waals surface area contributed by atoms with Crippen LogP contribution < -0.4 is 5.73 Å². The molecule has 1 aromatic carbocycles. The Labute approximate surface area is 236 Å². The van der Waals surface area contributed by atoms with Crippen molar-refractivity contribution in [2.75, 3.05) is 38.5 Å². The van der Waals surface area contributed by atoms with Crippen molar-refractivity contribution in [1.29, 1.82) is 0 Å². The van der Waals surface area contributed by atoms with Crippen LogP contribution in [0.5, 0.6) is 0 Å². The van der Waals surface area contributed by atoms with Gasteiger partial charge in [0.25, 0.3) is 5.91 Å². The second-order valence-corrected chi connectivity index (χ2v) is 10.8. The maximum atomic E-state index is 15.4. The normalized spacial score (nSPS) is 16.4. The maximum Gasteiger partial charge on any atom is 0.256 e. The highest BCUT2D eigenvalue weighted by Gasteiger charge is 2.26. The Bertz CT molecular complexity index is 1430. The van der Waals surface area contributed by atoms with Gasteiger partial charge in [0.1, 0.15) is 18.0 Å². The lowest BCUT2D eigenvalue weighted by atomic mass is 9.89. The summed E-state index contributed by atoms with van der Waals surface area (Å²) < 4.78 is 15.4. The number of carbonyl (C=O) groups excluding carboxylic acids is 1. The molecule has 3 heterocycles. The van der Waals surface area contributed by atoms with Crippen LogP contribution >= 0.6 is 0 Å². The van der Waals surface area contributed by atoms with E-state index in [1.807, 2.05) is 19.9 Å². The lowest BCUT2D eigenvalue weighted by molar-refractivity contribution is 0.0602. The van der Waals surface area contributed by atoms with Crippen molar-refractivity contribution in [3.8, 4) is 23.1 Å². The number of nitrogen functional groups attached to an aromatic ring is 1. The standard InChI is InChI=1S/C32H37FN6O/c1-3-29-27(13-9-24-11-14-30(34)37-22(24)2)31(36-21-35-29)25-10-12-26(28(33)19-25)32(40)39-17-15-38(16-18-39)20-23-7-5-4-6-8-23/h10-12,14,19,21,23H,3-8,15-18,20H2,1-2H3,(H2,34,37). The first-order valence-corrected chi connectivity index (χ1v) is 14.3. The minimum atomic E-state index is -0.554. The molecular formula is C32H37FN6O. The summed E-state index contributed by atoms with van der Waals surface area (Å²) in [5, 5.41) is 0. The zero-order valence-corrected chi connectivity index (χ0v) is 23.4. The largest absolute Gasteiger partial charge is 0.384 e. The highest BCUT2D eigenvalue weighted by molar-refractivity contribution is 5.95. The first-order chi connectivity index (χ1) is 19.4. The Morgan fingerprint density at radius 2 is 1.82 bits per heavy atom. The number of halogens is 1. The number of hydrogen-bond donors (Lipinski definition) is 1. The van der Waals surface area contributed by atoms with Crippen molar-refractivity contribution < 1.29 is 9.18 Å². The van der Waals surface area contributed by atoms with Gasteiger partial charge in [-0.3, -0.25) is 9.69 Å². The molecule has 1 saturated carbocycles. The van der Waals surface area contributed by atoms with Crippen LogP contribution in [0.15, 0.2) is 36.7 Å². The zero-order chi connectivity index (χ0) is 28.1. The van der Waals surface area contributed by atoms with Gasteiger partial charge < -0.3 is 10.6 Å².